The molecule has 0 aliphatic rings. The molecule has 4 rings (SSSR count). The van der Waals surface area contributed by atoms with Gasteiger partial charge in [0.2, 0.25) is 5.89 Å². The number of para-hydroxylation sites is 2. The first kappa shape index (κ1) is 18.8. The molecule has 5 nitrogen and oxygen atoms in total. The number of amides is 1. The number of hydrogen-bond acceptors (Lipinski definition) is 4. The maximum atomic E-state index is 12.4. The molecule has 1 aromatic heterocycles. The van der Waals surface area contributed by atoms with Crippen LogP contribution in [0.15, 0.2) is 77.2 Å². The fraction of sp³-hybridized carbons (Fsp3) is 0.0870. The SMILES string of the molecule is CCc1ccc(C(=O)NC(=S)Nc2cccc(-c3nc4ccccc4o3)c2)cc1. The monoisotopic (exact) mass is 401 g/mol. The largest absolute Gasteiger partial charge is 0.436 e. The summed E-state index contributed by atoms with van der Waals surface area (Å²) in [6.45, 7) is 2.07. The van der Waals surface area contributed by atoms with Crippen molar-refractivity contribution in [1.82, 2.24) is 10.3 Å². The molecule has 0 aliphatic carbocycles. The van der Waals surface area contributed by atoms with E-state index in [1.807, 2.05) is 60.7 Å². The maximum absolute atomic E-state index is 12.4. The number of carbonyl (C=O) groups is 1. The van der Waals surface area contributed by atoms with Crippen molar-refractivity contribution in [2.24, 2.45) is 0 Å². The topological polar surface area (TPSA) is 67.2 Å². The molecule has 0 unspecified atom stereocenters. The molecule has 4 aromatic rings. The molecular formula is C23H19N3O2S. The summed E-state index contributed by atoms with van der Waals surface area (Å²) in [5.41, 5.74) is 4.83. The van der Waals surface area contributed by atoms with Gasteiger partial charge in [-0.1, -0.05) is 37.3 Å². The predicted octanol–water partition coefficient (Wildman–Crippen LogP) is 5.18. The third kappa shape index (κ3) is 4.33. The highest BCUT2D eigenvalue weighted by Crippen LogP contribution is 2.26. The minimum Gasteiger partial charge on any atom is -0.436 e. The summed E-state index contributed by atoms with van der Waals surface area (Å²) in [5.74, 6) is 0.279. The van der Waals surface area contributed by atoms with Gasteiger partial charge in [0.1, 0.15) is 5.52 Å². The molecule has 29 heavy (non-hydrogen) atoms. The van der Waals surface area contributed by atoms with Crippen molar-refractivity contribution >= 4 is 40.0 Å². The van der Waals surface area contributed by atoms with Crippen molar-refractivity contribution < 1.29 is 9.21 Å². The van der Waals surface area contributed by atoms with Crippen LogP contribution in [0.1, 0.15) is 22.8 Å². The number of benzene rings is 3. The van der Waals surface area contributed by atoms with Crippen LogP contribution in [0.3, 0.4) is 0 Å². The van der Waals surface area contributed by atoms with Crippen molar-refractivity contribution in [3.8, 4) is 11.5 Å². The van der Waals surface area contributed by atoms with E-state index in [4.69, 9.17) is 16.6 Å². The van der Waals surface area contributed by atoms with Crippen molar-refractivity contribution in [2.45, 2.75) is 13.3 Å². The Morgan fingerprint density at radius 1 is 1.03 bits per heavy atom. The van der Waals surface area contributed by atoms with E-state index < -0.39 is 0 Å². The number of anilines is 1. The molecule has 0 saturated carbocycles. The number of rotatable bonds is 4. The highest BCUT2D eigenvalue weighted by molar-refractivity contribution is 7.80. The Labute approximate surface area is 173 Å². The van der Waals surface area contributed by atoms with Crippen LogP contribution in [0.4, 0.5) is 5.69 Å². The van der Waals surface area contributed by atoms with Crippen LogP contribution in [0.5, 0.6) is 0 Å². The summed E-state index contributed by atoms with van der Waals surface area (Å²) in [4.78, 5) is 16.9. The van der Waals surface area contributed by atoms with E-state index in [9.17, 15) is 4.79 Å². The molecule has 0 aliphatic heterocycles. The van der Waals surface area contributed by atoms with Crippen LogP contribution in [-0.2, 0) is 6.42 Å². The lowest BCUT2D eigenvalue weighted by Gasteiger charge is -2.10. The van der Waals surface area contributed by atoms with E-state index in [0.29, 0.717) is 11.5 Å². The fourth-order valence-electron chi connectivity index (χ4n) is 2.96. The molecule has 6 heteroatoms. The summed E-state index contributed by atoms with van der Waals surface area (Å²) in [6, 6.07) is 22.6. The quantitative estimate of drug-likeness (QED) is 0.461. The van der Waals surface area contributed by atoms with Gasteiger partial charge < -0.3 is 9.73 Å². The number of carbonyl (C=O) groups excluding carboxylic acids is 1. The van der Waals surface area contributed by atoms with E-state index >= 15 is 0 Å². The van der Waals surface area contributed by atoms with Gasteiger partial charge in [-0.15, -0.1) is 0 Å². The number of oxazole rings is 1. The normalized spacial score (nSPS) is 10.7. The number of fused-ring (bicyclic) bond motifs is 1. The van der Waals surface area contributed by atoms with E-state index in [1.165, 1.54) is 5.56 Å². The Kier molecular flexibility index (Phi) is 5.35. The number of nitrogens with one attached hydrogen (secondary N) is 2. The lowest BCUT2D eigenvalue weighted by Crippen LogP contribution is -2.34. The Bertz CT molecular complexity index is 1150. The Morgan fingerprint density at radius 2 is 1.83 bits per heavy atom. The minimum atomic E-state index is -0.250. The van der Waals surface area contributed by atoms with Gasteiger partial charge in [-0.2, -0.15) is 0 Å². The first-order chi connectivity index (χ1) is 14.1. The number of nitrogens with zero attached hydrogens (tertiary/aromatic N) is 1. The smallest absolute Gasteiger partial charge is 0.257 e. The van der Waals surface area contributed by atoms with E-state index in [-0.39, 0.29) is 11.0 Å². The average Bonchev–Trinajstić information content (AvgIpc) is 3.18. The molecular weight excluding hydrogens is 382 g/mol. The van der Waals surface area contributed by atoms with Gasteiger partial charge >= 0.3 is 0 Å². The van der Waals surface area contributed by atoms with Crippen LogP contribution >= 0.6 is 12.2 Å². The maximum Gasteiger partial charge on any atom is 0.257 e. The molecule has 0 saturated heterocycles. The molecule has 0 fully saturated rings. The van der Waals surface area contributed by atoms with Gasteiger partial charge in [0, 0.05) is 16.8 Å². The molecule has 0 bridgehead atoms. The lowest BCUT2D eigenvalue weighted by molar-refractivity contribution is 0.0977. The molecule has 0 spiro atoms. The highest BCUT2D eigenvalue weighted by Gasteiger charge is 2.10. The van der Waals surface area contributed by atoms with Crippen LogP contribution in [0.2, 0.25) is 0 Å². The third-order valence-corrected chi connectivity index (χ3v) is 4.72. The summed E-state index contributed by atoms with van der Waals surface area (Å²) < 4.78 is 5.81. The van der Waals surface area contributed by atoms with Gasteiger partial charge in [0.15, 0.2) is 10.7 Å². The first-order valence-corrected chi connectivity index (χ1v) is 9.70. The van der Waals surface area contributed by atoms with E-state index in [2.05, 4.69) is 22.5 Å². The summed E-state index contributed by atoms with van der Waals surface area (Å²) in [5, 5.41) is 5.97. The zero-order valence-electron chi connectivity index (χ0n) is 15.8. The summed E-state index contributed by atoms with van der Waals surface area (Å²) in [6.07, 6.45) is 0.929. The average molecular weight is 401 g/mol. The van der Waals surface area contributed by atoms with Gasteiger partial charge in [0.25, 0.3) is 5.91 Å². The number of aromatic nitrogens is 1. The van der Waals surface area contributed by atoms with Crippen LogP contribution in [-0.4, -0.2) is 16.0 Å². The molecule has 1 amide bonds. The standard InChI is InChI=1S/C23H19N3O2S/c1-2-15-10-12-16(13-11-15)21(27)26-23(29)24-18-7-5-6-17(14-18)22-25-19-8-3-4-9-20(19)28-22/h3-14H,2H2,1H3,(H2,24,26,27,29). The first-order valence-electron chi connectivity index (χ1n) is 9.29. The predicted molar refractivity (Wildman–Crippen MR) is 119 cm³/mol. The number of hydrogen-bond donors (Lipinski definition) is 2. The lowest BCUT2D eigenvalue weighted by atomic mass is 10.1. The zero-order chi connectivity index (χ0) is 20.2. The van der Waals surface area contributed by atoms with Crippen molar-refractivity contribution in [3.63, 3.8) is 0 Å². The molecule has 3 aromatic carbocycles. The minimum absolute atomic E-state index is 0.226. The van der Waals surface area contributed by atoms with E-state index in [0.717, 1.165) is 28.8 Å². The number of thiocarbonyl (C=S) groups is 1. The Morgan fingerprint density at radius 3 is 2.59 bits per heavy atom. The molecule has 0 atom stereocenters. The van der Waals surface area contributed by atoms with Crippen molar-refractivity contribution in [1.29, 1.82) is 0 Å². The zero-order valence-corrected chi connectivity index (χ0v) is 16.6. The summed E-state index contributed by atoms with van der Waals surface area (Å²) in [7, 11) is 0. The number of aryl methyl sites for hydroxylation is 1. The third-order valence-electron chi connectivity index (χ3n) is 4.51. The molecule has 1 heterocycles. The second kappa shape index (κ2) is 8.24. The highest BCUT2D eigenvalue weighted by atomic mass is 32.1. The van der Waals surface area contributed by atoms with Gasteiger partial charge in [-0.3, -0.25) is 10.1 Å². The molecule has 144 valence electrons. The van der Waals surface area contributed by atoms with Crippen LogP contribution in [0, 0.1) is 0 Å². The second-order valence-corrected chi connectivity index (χ2v) is 6.93. The van der Waals surface area contributed by atoms with E-state index in [1.54, 1.807) is 12.1 Å². The fourth-order valence-corrected chi connectivity index (χ4v) is 3.17. The Hall–Kier alpha value is -3.51. The second-order valence-electron chi connectivity index (χ2n) is 6.53. The van der Waals surface area contributed by atoms with Crippen molar-refractivity contribution in [2.75, 3.05) is 5.32 Å². The molecule has 0 radical (unpaired) electrons. The molecule has 2 N–H and O–H groups in total. The van der Waals surface area contributed by atoms with Crippen LogP contribution < -0.4 is 10.6 Å². The van der Waals surface area contributed by atoms with Gasteiger partial charge in [0.05, 0.1) is 0 Å². The van der Waals surface area contributed by atoms with Gasteiger partial charge in [-0.05, 0) is 66.7 Å². The van der Waals surface area contributed by atoms with Crippen molar-refractivity contribution in [3.05, 3.63) is 83.9 Å². The van der Waals surface area contributed by atoms with Gasteiger partial charge in [-0.25, -0.2) is 4.98 Å². The summed E-state index contributed by atoms with van der Waals surface area (Å²) >= 11 is 5.29. The van der Waals surface area contributed by atoms with Crippen LogP contribution in [0.25, 0.3) is 22.6 Å². The Balaban J connectivity index is 1.45.